The Balaban J connectivity index is 1.25. The van der Waals surface area contributed by atoms with Crippen molar-refractivity contribution in [3.63, 3.8) is 0 Å². The Kier molecular flexibility index (Phi) is 10.2. The predicted molar refractivity (Wildman–Crippen MR) is 172 cm³/mol. The van der Waals surface area contributed by atoms with Gasteiger partial charge in [-0.15, -0.1) is 0 Å². The molecule has 0 spiro atoms. The molecule has 1 saturated heterocycles. The molecule has 0 aromatic heterocycles. The van der Waals surface area contributed by atoms with E-state index in [-0.39, 0.29) is 17.9 Å². The maximum absolute atomic E-state index is 13.4. The Bertz CT molecular complexity index is 1740. The Labute approximate surface area is 267 Å². The molecule has 1 heterocycles. The number of hydrogen-bond acceptors (Lipinski definition) is 8. The lowest BCUT2D eigenvalue weighted by Gasteiger charge is -2.27. The van der Waals surface area contributed by atoms with Gasteiger partial charge in [0.05, 0.1) is 26.5 Å². The zero-order valence-corrected chi connectivity index (χ0v) is 25.8. The average molecular weight is 623 g/mol. The molecule has 5 rings (SSSR count). The van der Waals surface area contributed by atoms with Crippen LogP contribution in [0.4, 0.5) is 10.5 Å². The Morgan fingerprint density at radius 3 is 2.09 bits per heavy atom. The van der Waals surface area contributed by atoms with Crippen molar-refractivity contribution in [1.82, 2.24) is 5.32 Å². The van der Waals surface area contributed by atoms with Crippen LogP contribution in [0.25, 0.3) is 6.08 Å². The number of ether oxygens (including phenoxy) is 5. The van der Waals surface area contributed by atoms with Crippen LogP contribution in [0, 0.1) is 0 Å². The second-order valence-corrected chi connectivity index (χ2v) is 10.3. The summed E-state index contributed by atoms with van der Waals surface area (Å²) >= 11 is 0. The molecule has 46 heavy (non-hydrogen) atoms. The number of rotatable bonds is 13. The fourth-order valence-corrected chi connectivity index (χ4v) is 4.67. The lowest BCUT2D eigenvalue weighted by Crippen LogP contribution is -2.54. The van der Waals surface area contributed by atoms with Crippen molar-refractivity contribution in [2.24, 2.45) is 0 Å². The third kappa shape index (κ3) is 7.47. The summed E-state index contributed by atoms with van der Waals surface area (Å²) in [6, 6.07) is 26.2. The number of carbonyl (C=O) groups excluding carboxylic acids is 3. The molecular formula is C36H34N2O8. The summed E-state index contributed by atoms with van der Waals surface area (Å²) in [5.41, 5.74) is 2.55. The quantitative estimate of drug-likeness (QED) is 0.136. The van der Waals surface area contributed by atoms with E-state index < -0.39 is 17.8 Å². The van der Waals surface area contributed by atoms with Gasteiger partial charge in [0.2, 0.25) is 0 Å². The van der Waals surface area contributed by atoms with E-state index in [1.54, 1.807) is 43.5 Å². The molecule has 0 atom stereocenters. The first kappa shape index (κ1) is 31.6. The molecule has 0 unspecified atom stereocenters. The number of barbiturate groups is 1. The molecule has 10 heteroatoms. The molecule has 1 aliphatic heterocycles. The molecule has 0 radical (unpaired) electrons. The summed E-state index contributed by atoms with van der Waals surface area (Å²) in [4.78, 5) is 39.6. The second kappa shape index (κ2) is 14.8. The Hall–Kier alpha value is -5.77. The minimum Gasteiger partial charge on any atom is -0.493 e. The summed E-state index contributed by atoms with van der Waals surface area (Å²) < 4.78 is 28.5. The van der Waals surface area contributed by atoms with E-state index >= 15 is 0 Å². The number of urea groups is 1. The maximum Gasteiger partial charge on any atom is 0.335 e. The fraction of sp³-hybridized carbons (Fsp3) is 0.194. The van der Waals surface area contributed by atoms with Crippen LogP contribution < -0.4 is 33.9 Å². The van der Waals surface area contributed by atoms with Crippen LogP contribution >= 0.6 is 0 Å². The van der Waals surface area contributed by atoms with E-state index in [9.17, 15) is 14.4 Å². The molecule has 236 valence electrons. The van der Waals surface area contributed by atoms with Crippen molar-refractivity contribution < 1.29 is 38.1 Å². The topological polar surface area (TPSA) is 113 Å². The highest BCUT2D eigenvalue weighted by atomic mass is 16.5. The number of anilines is 1. The molecular weight excluding hydrogens is 588 g/mol. The minimum atomic E-state index is -0.854. The number of amides is 4. The van der Waals surface area contributed by atoms with E-state index in [1.165, 1.54) is 19.3 Å². The summed E-state index contributed by atoms with van der Waals surface area (Å²) in [5, 5.41) is 2.24. The normalized spacial score (nSPS) is 13.8. The molecule has 0 aliphatic carbocycles. The number of imide groups is 2. The van der Waals surface area contributed by atoms with Gasteiger partial charge in [0.1, 0.15) is 24.5 Å². The standard InChI is InChI=1S/C36H34N2O8/c1-4-18-44-30-17-13-27(21-33(30)43-3)38-35(40)29(34(39)37-36(38)41)19-24-10-14-28(15-11-24)45-23-26-12-16-31(32(20-26)42-2)46-22-25-8-6-5-7-9-25/h5-17,19-21H,4,18,22-23H2,1-3H3,(H,37,39,41)/b29-19-. The van der Waals surface area contributed by atoms with Gasteiger partial charge in [-0.25, -0.2) is 9.69 Å². The fourth-order valence-electron chi connectivity index (χ4n) is 4.67. The Morgan fingerprint density at radius 1 is 0.696 bits per heavy atom. The molecule has 4 amide bonds. The first-order chi connectivity index (χ1) is 22.4. The SMILES string of the molecule is CCCOc1ccc(N2C(=O)NC(=O)/C(=C/c3ccc(OCc4ccc(OCc5ccccc5)c(OC)c4)cc3)C2=O)cc1OC. The molecule has 10 nitrogen and oxygen atoms in total. The summed E-state index contributed by atoms with van der Waals surface area (Å²) in [6.07, 6.45) is 2.23. The van der Waals surface area contributed by atoms with Gasteiger partial charge in [-0.3, -0.25) is 14.9 Å². The monoisotopic (exact) mass is 622 g/mol. The lowest BCUT2D eigenvalue weighted by atomic mass is 10.1. The predicted octanol–water partition coefficient (Wildman–Crippen LogP) is 6.32. The van der Waals surface area contributed by atoms with E-state index in [0.29, 0.717) is 47.5 Å². The van der Waals surface area contributed by atoms with Crippen molar-refractivity contribution in [3.05, 3.63) is 113 Å². The number of carbonyl (C=O) groups is 3. The van der Waals surface area contributed by atoms with E-state index in [1.807, 2.05) is 55.5 Å². The highest BCUT2D eigenvalue weighted by Crippen LogP contribution is 2.34. The van der Waals surface area contributed by atoms with Crippen molar-refractivity contribution in [2.75, 3.05) is 25.7 Å². The van der Waals surface area contributed by atoms with Crippen LogP contribution in [-0.2, 0) is 22.8 Å². The van der Waals surface area contributed by atoms with Gasteiger partial charge in [0, 0.05) is 6.07 Å². The van der Waals surface area contributed by atoms with Crippen LogP contribution in [-0.4, -0.2) is 38.7 Å². The first-order valence-electron chi connectivity index (χ1n) is 14.7. The van der Waals surface area contributed by atoms with Crippen LogP contribution in [0.2, 0.25) is 0 Å². The number of hydrogen-bond donors (Lipinski definition) is 1. The number of nitrogens with one attached hydrogen (secondary N) is 1. The molecule has 4 aromatic carbocycles. The van der Waals surface area contributed by atoms with Crippen LogP contribution in [0.1, 0.15) is 30.0 Å². The maximum atomic E-state index is 13.4. The lowest BCUT2D eigenvalue weighted by molar-refractivity contribution is -0.122. The third-order valence-electron chi connectivity index (χ3n) is 7.03. The molecule has 0 bridgehead atoms. The van der Waals surface area contributed by atoms with Crippen molar-refractivity contribution in [2.45, 2.75) is 26.6 Å². The van der Waals surface area contributed by atoms with Gasteiger partial charge in [-0.05, 0) is 65.6 Å². The van der Waals surface area contributed by atoms with E-state index in [4.69, 9.17) is 23.7 Å². The molecule has 1 aliphatic rings. The van der Waals surface area contributed by atoms with Crippen LogP contribution in [0.3, 0.4) is 0 Å². The highest BCUT2D eigenvalue weighted by molar-refractivity contribution is 6.39. The largest absolute Gasteiger partial charge is 0.493 e. The van der Waals surface area contributed by atoms with Gasteiger partial charge < -0.3 is 23.7 Å². The molecule has 4 aromatic rings. The summed E-state index contributed by atoms with van der Waals surface area (Å²) in [7, 11) is 3.05. The minimum absolute atomic E-state index is 0.194. The zero-order chi connectivity index (χ0) is 32.5. The zero-order valence-electron chi connectivity index (χ0n) is 25.8. The van der Waals surface area contributed by atoms with Gasteiger partial charge in [-0.2, -0.15) is 0 Å². The average Bonchev–Trinajstić information content (AvgIpc) is 3.08. The van der Waals surface area contributed by atoms with Gasteiger partial charge in [-0.1, -0.05) is 55.5 Å². The number of methoxy groups -OCH3 is 2. The van der Waals surface area contributed by atoms with Gasteiger partial charge in [0.25, 0.3) is 11.8 Å². The third-order valence-corrected chi connectivity index (χ3v) is 7.03. The number of benzene rings is 4. The van der Waals surface area contributed by atoms with Crippen LogP contribution in [0.5, 0.6) is 28.7 Å². The van der Waals surface area contributed by atoms with Crippen molar-refractivity contribution in [3.8, 4) is 28.7 Å². The smallest absolute Gasteiger partial charge is 0.335 e. The highest BCUT2D eigenvalue weighted by Gasteiger charge is 2.37. The Morgan fingerprint density at radius 2 is 1.37 bits per heavy atom. The van der Waals surface area contributed by atoms with Crippen molar-refractivity contribution in [1.29, 1.82) is 0 Å². The van der Waals surface area contributed by atoms with Gasteiger partial charge >= 0.3 is 6.03 Å². The van der Waals surface area contributed by atoms with E-state index in [0.717, 1.165) is 22.4 Å². The summed E-state index contributed by atoms with van der Waals surface area (Å²) in [6.45, 7) is 3.16. The molecule has 1 N–H and O–H groups in total. The van der Waals surface area contributed by atoms with E-state index in [2.05, 4.69) is 5.32 Å². The molecule has 0 saturated carbocycles. The van der Waals surface area contributed by atoms with Crippen molar-refractivity contribution >= 4 is 29.6 Å². The van der Waals surface area contributed by atoms with Crippen LogP contribution in [0.15, 0.2) is 96.6 Å². The second-order valence-electron chi connectivity index (χ2n) is 10.3. The van der Waals surface area contributed by atoms with Gasteiger partial charge in [0.15, 0.2) is 23.0 Å². The first-order valence-corrected chi connectivity index (χ1v) is 14.7. The molecule has 1 fully saturated rings. The number of nitrogens with zero attached hydrogens (tertiary/aromatic N) is 1. The summed E-state index contributed by atoms with van der Waals surface area (Å²) in [5.74, 6) is 1.10.